The maximum atomic E-state index is 5.55. The molecule has 0 aromatic rings. The van der Waals surface area contributed by atoms with Crippen LogP contribution in [0.1, 0.15) is 26.2 Å². The van der Waals surface area contributed by atoms with Gasteiger partial charge in [-0.15, -0.1) is 0 Å². The zero-order valence-electron chi connectivity index (χ0n) is 7.65. The molecule has 1 saturated heterocycles. The van der Waals surface area contributed by atoms with Gasteiger partial charge in [-0.1, -0.05) is 18.0 Å². The van der Waals surface area contributed by atoms with E-state index in [0.29, 0.717) is 0 Å². The summed E-state index contributed by atoms with van der Waals surface area (Å²) >= 11 is 5.55. The van der Waals surface area contributed by atoms with Crippen LogP contribution in [-0.4, -0.2) is 24.6 Å². The summed E-state index contributed by atoms with van der Waals surface area (Å²) in [6.07, 6.45) is 4.01. The highest BCUT2D eigenvalue weighted by molar-refractivity contribution is 6.25. The van der Waals surface area contributed by atoms with Gasteiger partial charge < -0.3 is 0 Å². The maximum absolute atomic E-state index is 5.55. The molecule has 0 spiro atoms. The van der Waals surface area contributed by atoms with Gasteiger partial charge in [-0.25, -0.2) is 5.01 Å². The van der Waals surface area contributed by atoms with E-state index in [9.17, 15) is 0 Å². The second-order valence-corrected chi connectivity index (χ2v) is 3.56. The minimum atomic E-state index is 0.878. The van der Waals surface area contributed by atoms with Crippen LogP contribution in [0.25, 0.3) is 0 Å². The summed E-state index contributed by atoms with van der Waals surface area (Å²) < 4.78 is 0. The van der Waals surface area contributed by atoms with Crippen molar-refractivity contribution in [1.29, 1.82) is 0 Å². The van der Waals surface area contributed by atoms with Gasteiger partial charge in [0.1, 0.15) is 0 Å². The van der Waals surface area contributed by atoms with Gasteiger partial charge in [0.15, 0.2) is 0 Å². The average molecular weight is 189 g/mol. The van der Waals surface area contributed by atoms with E-state index in [1.54, 1.807) is 5.54 Å². The molecule has 12 heavy (non-hydrogen) atoms. The predicted molar refractivity (Wildman–Crippen MR) is 53.0 cm³/mol. The minimum absolute atomic E-state index is 0.878. The third-order valence-electron chi connectivity index (χ3n) is 2.12. The number of piperidine rings is 1. The molecule has 0 amide bonds. The van der Waals surface area contributed by atoms with Crippen molar-refractivity contribution in [2.24, 2.45) is 0 Å². The molecule has 70 valence electrons. The first-order valence-electron chi connectivity index (χ1n) is 4.57. The van der Waals surface area contributed by atoms with Crippen LogP contribution >= 0.6 is 11.6 Å². The lowest BCUT2D eigenvalue weighted by molar-refractivity contribution is 0.161. The van der Waals surface area contributed by atoms with E-state index >= 15 is 0 Å². The van der Waals surface area contributed by atoms with Gasteiger partial charge in [0.2, 0.25) is 0 Å². The number of nitrogens with zero attached hydrogens (tertiary/aromatic N) is 1. The van der Waals surface area contributed by atoms with Gasteiger partial charge in [0, 0.05) is 25.2 Å². The molecule has 1 heterocycles. The van der Waals surface area contributed by atoms with E-state index in [1.165, 1.54) is 37.9 Å². The molecule has 0 atom stereocenters. The summed E-state index contributed by atoms with van der Waals surface area (Å²) in [5.74, 6) is 0. The van der Waals surface area contributed by atoms with E-state index in [4.69, 9.17) is 11.6 Å². The first-order valence-corrected chi connectivity index (χ1v) is 5.01. The van der Waals surface area contributed by atoms with Crippen molar-refractivity contribution in [3.63, 3.8) is 0 Å². The van der Waals surface area contributed by atoms with E-state index in [-0.39, 0.29) is 0 Å². The SMILES string of the molecule is CC(=CCl)CNN1CCCCC1. The molecule has 1 aliphatic rings. The molecular weight excluding hydrogens is 172 g/mol. The van der Waals surface area contributed by atoms with Crippen molar-refractivity contribution in [2.45, 2.75) is 26.2 Å². The van der Waals surface area contributed by atoms with E-state index in [1.807, 2.05) is 6.92 Å². The zero-order valence-corrected chi connectivity index (χ0v) is 8.40. The van der Waals surface area contributed by atoms with Gasteiger partial charge in [-0.05, 0) is 25.3 Å². The monoisotopic (exact) mass is 188 g/mol. The van der Waals surface area contributed by atoms with Gasteiger partial charge in [0.25, 0.3) is 0 Å². The lowest BCUT2D eigenvalue weighted by Crippen LogP contribution is -2.42. The molecular formula is C9H17ClN2. The summed E-state index contributed by atoms with van der Waals surface area (Å²) in [5.41, 5.74) is 6.17. The fourth-order valence-electron chi connectivity index (χ4n) is 1.33. The van der Waals surface area contributed by atoms with Crippen molar-refractivity contribution >= 4 is 11.6 Å². The predicted octanol–water partition coefficient (Wildman–Crippen LogP) is 2.12. The van der Waals surface area contributed by atoms with Crippen molar-refractivity contribution in [1.82, 2.24) is 10.4 Å². The van der Waals surface area contributed by atoms with Crippen LogP contribution in [0.4, 0.5) is 0 Å². The quantitative estimate of drug-likeness (QED) is 0.730. The molecule has 0 bridgehead atoms. The molecule has 0 radical (unpaired) electrons. The van der Waals surface area contributed by atoms with Crippen LogP contribution in [-0.2, 0) is 0 Å². The summed E-state index contributed by atoms with van der Waals surface area (Å²) in [6.45, 7) is 5.26. The van der Waals surface area contributed by atoms with Crippen LogP contribution in [0.5, 0.6) is 0 Å². The Morgan fingerprint density at radius 2 is 2.08 bits per heavy atom. The Morgan fingerprint density at radius 3 is 2.67 bits per heavy atom. The number of hydrazine groups is 1. The molecule has 3 heteroatoms. The minimum Gasteiger partial charge on any atom is -0.251 e. The lowest BCUT2D eigenvalue weighted by Gasteiger charge is -2.27. The van der Waals surface area contributed by atoms with Crippen LogP contribution in [0.3, 0.4) is 0 Å². The van der Waals surface area contributed by atoms with Crippen LogP contribution in [0, 0.1) is 0 Å². The normalized spacial score (nSPS) is 21.3. The molecule has 0 aromatic heterocycles. The Kier molecular flexibility index (Phi) is 4.66. The molecule has 1 aliphatic heterocycles. The third kappa shape index (κ3) is 3.57. The highest BCUT2D eigenvalue weighted by Crippen LogP contribution is 2.06. The van der Waals surface area contributed by atoms with E-state index in [0.717, 1.165) is 6.54 Å². The number of hydrogen-bond donors (Lipinski definition) is 1. The number of rotatable bonds is 3. The summed E-state index contributed by atoms with van der Waals surface area (Å²) in [5, 5.41) is 2.29. The fraction of sp³-hybridized carbons (Fsp3) is 0.778. The van der Waals surface area contributed by atoms with Crippen molar-refractivity contribution in [2.75, 3.05) is 19.6 Å². The Hall–Kier alpha value is -0.0500. The molecule has 2 nitrogen and oxygen atoms in total. The molecule has 0 unspecified atom stereocenters. The molecule has 1 N–H and O–H groups in total. The van der Waals surface area contributed by atoms with Gasteiger partial charge in [-0.2, -0.15) is 0 Å². The molecule has 1 fully saturated rings. The summed E-state index contributed by atoms with van der Waals surface area (Å²) in [6, 6.07) is 0. The van der Waals surface area contributed by atoms with Crippen molar-refractivity contribution < 1.29 is 0 Å². The molecule has 1 rings (SSSR count). The van der Waals surface area contributed by atoms with E-state index in [2.05, 4.69) is 10.4 Å². The number of nitrogens with one attached hydrogen (secondary N) is 1. The Morgan fingerprint density at radius 1 is 1.42 bits per heavy atom. The average Bonchev–Trinajstić information content (AvgIpc) is 2.16. The topological polar surface area (TPSA) is 15.3 Å². The van der Waals surface area contributed by atoms with Crippen LogP contribution in [0.2, 0.25) is 0 Å². The zero-order chi connectivity index (χ0) is 8.81. The van der Waals surface area contributed by atoms with Crippen molar-refractivity contribution in [3.05, 3.63) is 11.1 Å². The lowest BCUT2D eigenvalue weighted by atomic mass is 10.2. The van der Waals surface area contributed by atoms with Gasteiger partial charge >= 0.3 is 0 Å². The Labute approximate surface area is 79.5 Å². The summed E-state index contributed by atoms with van der Waals surface area (Å²) in [4.78, 5) is 0. The first kappa shape index (κ1) is 10.0. The Balaban J connectivity index is 2.13. The maximum Gasteiger partial charge on any atom is 0.0321 e. The second-order valence-electron chi connectivity index (χ2n) is 3.34. The standard InChI is InChI=1S/C9H17ClN2/c1-9(7-10)8-11-12-5-3-2-4-6-12/h7,11H,2-6,8H2,1H3. The largest absolute Gasteiger partial charge is 0.251 e. The number of halogens is 1. The highest BCUT2D eigenvalue weighted by atomic mass is 35.5. The van der Waals surface area contributed by atoms with Gasteiger partial charge in [0.05, 0.1) is 0 Å². The van der Waals surface area contributed by atoms with Crippen LogP contribution in [0.15, 0.2) is 11.1 Å². The van der Waals surface area contributed by atoms with Crippen molar-refractivity contribution in [3.8, 4) is 0 Å². The first-order chi connectivity index (χ1) is 5.83. The van der Waals surface area contributed by atoms with Gasteiger partial charge in [-0.3, -0.25) is 5.43 Å². The van der Waals surface area contributed by atoms with Crippen LogP contribution < -0.4 is 5.43 Å². The fourth-order valence-corrected chi connectivity index (χ4v) is 1.40. The molecule has 0 aromatic carbocycles. The summed E-state index contributed by atoms with van der Waals surface area (Å²) in [7, 11) is 0. The molecule has 0 saturated carbocycles. The number of hydrogen-bond acceptors (Lipinski definition) is 2. The smallest absolute Gasteiger partial charge is 0.0321 e. The molecule has 0 aliphatic carbocycles. The highest BCUT2D eigenvalue weighted by Gasteiger charge is 2.08. The second kappa shape index (κ2) is 5.57. The van der Waals surface area contributed by atoms with E-state index < -0.39 is 0 Å². The third-order valence-corrected chi connectivity index (χ3v) is 2.50. The Bertz CT molecular complexity index is 151.